The number of anilines is 2. The second-order valence-corrected chi connectivity index (χ2v) is 5.25. The van der Waals surface area contributed by atoms with Crippen molar-refractivity contribution in [2.24, 2.45) is 5.73 Å². The van der Waals surface area contributed by atoms with Crippen LogP contribution in [0.1, 0.15) is 11.1 Å². The first-order valence-electron chi connectivity index (χ1n) is 6.92. The zero-order valence-corrected chi connectivity index (χ0v) is 12.5. The Labute approximate surface area is 125 Å². The van der Waals surface area contributed by atoms with Gasteiger partial charge >= 0.3 is 0 Å². The molecule has 0 heterocycles. The number of nitrogens with two attached hydrogens (primary N) is 1. The fourth-order valence-electron chi connectivity index (χ4n) is 2.06. The Kier molecular flexibility index (Phi) is 4.82. The summed E-state index contributed by atoms with van der Waals surface area (Å²) in [5, 5.41) is 3.36. The highest BCUT2D eigenvalue weighted by Gasteiger charge is 2.00. The zero-order chi connectivity index (χ0) is 15.2. The summed E-state index contributed by atoms with van der Waals surface area (Å²) < 4.78 is 0. The third kappa shape index (κ3) is 4.53. The number of carbonyl (C=O) groups excluding carboxylic acids is 1. The molecule has 0 aromatic heterocycles. The van der Waals surface area contributed by atoms with Crippen molar-refractivity contribution < 1.29 is 4.79 Å². The molecule has 0 saturated carbocycles. The molecule has 0 aliphatic carbocycles. The van der Waals surface area contributed by atoms with Crippen LogP contribution in [0.4, 0.5) is 11.4 Å². The molecule has 0 aliphatic rings. The van der Waals surface area contributed by atoms with E-state index in [9.17, 15) is 4.79 Å². The summed E-state index contributed by atoms with van der Waals surface area (Å²) in [4.78, 5) is 12.9. The lowest BCUT2D eigenvalue weighted by Gasteiger charge is -2.13. The average molecular weight is 283 g/mol. The summed E-state index contributed by atoms with van der Waals surface area (Å²) in [5.74, 6) is -0.309. The molecule has 0 radical (unpaired) electrons. The Bertz CT molecular complexity index is 588. The number of hydrogen-bond acceptors (Lipinski definition) is 3. The van der Waals surface area contributed by atoms with E-state index in [4.69, 9.17) is 5.73 Å². The van der Waals surface area contributed by atoms with E-state index < -0.39 is 0 Å². The van der Waals surface area contributed by atoms with Crippen molar-refractivity contribution in [3.05, 3.63) is 59.7 Å². The van der Waals surface area contributed by atoms with E-state index in [1.165, 1.54) is 11.3 Å². The van der Waals surface area contributed by atoms with E-state index in [1.54, 1.807) is 0 Å². The van der Waals surface area contributed by atoms with Crippen LogP contribution in [0.2, 0.25) is 0 Å². The van der Waals surface area contributed by atoms with Crippen LogP contribution in [0.15, 0.2) is 48.5 Å². The molecule has 0 saturated heterocycles. The fraction of sp³-hybridized carbons (Fsp3) is 0.235. The van der Waals surface area contributed by atoms with Gasteiger partial charge in [-0.3, -0.25) is 4.79 Å². The normalized spacial score (nSPS) is 10.2. The molecule has 0 fully saturated rings. The molecule has 0 atom stereocenters. The van der Waals surface area contributed by atoms with E-state index in [1.807, 2.05) is 38.4 Å². The van der Waals surface area contributed by atoms with Gasteiger partial charge in [0.05, 0.1) is 6.42 Å². The van der Waals surface area contributed by atoms with E-state index in [-0.39, 0.29) is 12.3 Å². The number of amides is 1. The van der Waals surface area contributed by atoms with E-state index in [2.05, 4.69) is 34.5 Å². The molecule has 0 spiro atoms. The first-order valence-corrected chi connectivity index (χ1v) is 6.92. The number of primary amides is 1. The van der Waals surface area contributed by atoms with Crippen LogP contribution < -0.4 is 16.0 Å². The Morgan fingerprint density at radius 1 is 1.00 bits per heavy atom. The van der Waals surface area contributed by atoms with E-state index in [0.717, 1.165) is 17.8 Å². The lowest BCUT2D eigenvalue weighted by molar-refractivity contribution is -0.117. The monoisotopic (exact) mass is 283 g/mol. The maximum Gasteiger partial charge on any atom is 0.221 e. The van der Waals surface area contributed by atoms with Gasteiger partial charge in [0.25, 0.3) is 0 Å². The number of nitrogens with one attached hydrogen (secondary N) is 1. The maximum atomic E-state index is 10.8. The van der Waals surface area contributed by atoms with Crippen molar-refractivity contribution in [2.75, 3.05) is 24.3 Å². The van der Waals surface area contributed by atoms with E-state index in [0.29, 0.717) is 0 Å². The van der Waals surface area contributed by atoms with Gasteiger partial charge in [0.1, 0.15) is 0 Å². The van der Waals surface area contributed by atoms with Crippen LogP contribution >= 0.6 is 0 Å². The number of benzene rings is 2. The predicted octanol–water partition coefficient (Wildman–Crippen LogP) is 2.39. The van der Waals surface area contributed by atoms with Crippen molar-refractivity contribution in [1.82, 2.24) is 0 Å². The number of nitrogens with zero attached hydrogens (tertiary/aromatic N) is 1. The summed E-state index contributed by atoms with van der Waals surface area (Å²) >= 11 is 0. The van der Waals surface area contributed by atoms with Gasteiger partial charge in [-0.25, -0.2) is 0 Å². The zero-order valence-electron chi connectivity index (χ0n) is 12.5. The second-order valence-electron chi connectivity index (χ2n) is 5.25. The summed E-state index contributed by atoms with van der Waals surface area (Å²) in [7, 11) is 4.06. The van der Waals surface area contributed by atoms with Gasteiger partial charge in [0.15, 0.2) is 0 Å². The summed E-state index contributed by atoms with van der Waals surface area (Å²) in [6, 6.07) is 16.2. The highest BCUT2D eigenvalue weighted by atomic mass is 16.1. The van der Waals surface area contributed by atoms with Crippen molar-refractivity contribution >= 4 is 17.3 Å². The van der Waals surface area contributed by atoms with Crippen molar-refractivity contribution in [3.8, 4) is 0 Å². The first kappa shape index (κ1) is 14.9. The summed E-state index contributed by atoms with van der Waals surface area (Å²) in [6.45, 7) is 0.767. The van der Waals surface area contributed by atoms with Crippen LogP contribution in [-0.4, -0.2) is 20.0 Å². The Morgan fingerprint density at radius 2 is 1.57 bits per heavy atom. The number of rotatable bonds is 6. The van der Waals surface area contributed by atoms with Gasteiger partial charge in [0, 0.05) is 32.0 Å². The molecule has 3 N–H and O–H groups in total. The molecular weight excluding hydrogens is 262 g/mol. The van der Waals surface area contributed by atoms with Gasteiger partial charge in [-0.15, -0.1) is 0 Å². The lowest BCUT2D eigenvalue weighted by Crippen LogP contribution is -2.13. The van der Waals surface area contributed by atoms with Crippen LogP contribution in [-0.2, 0) is 17.8 Å². The molecule has 0 aliphatic heterocycles. The minimum Gasteiger partial charge on any atom is -0.381 e. The quantitative estimate of drug-likeness (QED) is 0.856. The Hall–Kier alpha value is -2.49. The summed E-state index contributed by atoms with van der Waals surface area (Å²) in [5.41, 5.74) is 9.55. The third-order valence-corrected chi connectivity index (χ3v) is 3.28. The molecule has 0 bridgehead atoms. The standard InChI is InChI=1S/C17H21N3O/c1-20(2)16-9-5-14(6-10-16)12-19-15-7-3-13(4-8-15)11-17(18)21/h3-10,19H,11-12H2,1-2H3,(H2,18,21). The maximum absolute atomic E-state index is 10.8. The SMILES string of the molecule is CN(C)c1ccc(CNc2ccc(CC(N)=O)cc2)cc1. The minimum atomic E-state index is -0.309. The largest absolute Gasteiger partial charge is 0.381 e. The molecule has 21 heavy (non-hydrogen) atoms. The highest BCUT2D eigenvalue weighted by molar-refractivity contribution is 5.76. The Balaban J connectivity index is 1.91. The third-order valence-electron chi connectivity index (χ3n) is 3.28. The van der Waals surface area contributed by atoms with Crippen LogP contribution in [0.25, 0.3) is 0 Å². The van der Waals surface area contributed by atoms with E-state index >= 15 is 0 Å². The molecule has 2 aromatic rings. The topological polar surface area (TPSA) is 58.4 Å². The lowest BCUT2D eigenvalue weighted by atomic mass is 10.1. The number of hydrogen-bond donors (Lipinski definition) is 2. The molecule has 110 valence electrons. The molecule has 0 unspecified atom stereocenters. The van der Waals surface area contributed by atoms with Crippen molar-refractivity contribution in [3.63, 3.8) is 0 Å². The van der Waals surface area contributed by atoms with Crippen molar-refractivity contribution in [1.29, 1.82) is 0 Å². The first-order chi connectivity index (χ1) is 10.0. The van der Waals surface area contributed by atoms with Gasteiger partial charge in [-0.2, -0.15) is 0 Å². The van der Waals surface area contributed by atoms with Crippen LogP contribution in [0.3, 0.4) is 0 Å². The predicted molar refractivity (Wildman–Crippen MR) is 87.4 cm³/mol. The van der Waals surface area contributed by atoms with Gasteiger partial charge in [-0.1, -0.05) is 24.3 Å². The van der Waals surface area contributed by atoms with Gasteiger partial charge in [0.2, 0.25) is 5.91 Å². The van der Waals surface area contributed by atoms with Crippen molar-refractivity contribution in [2.45, 2.75) is 13.0 Å². The Morgan fingerprint density at radius 3 is 2.10 bits per heavy atom. The van der Waals surface area contributed by atoms with Gasteiger partial charge in [-0.05, 0) is 35.4 Å². The molecule has 4 nitrogen and oxygen atoms in total. The second kappa shape index (κ2) is 6.79. The van der Waals surface area contributed by atoms with Crippen LogP contribution in [0, 0.1) is 0 Å². The number of carbonyl (C=O) groups is 1. The fourth-order valence-corrected chi connectivity index (χ4v) is 2.06. The molecule has 2 aromatic carbocycles. The molecule has 1 amide bonds. The molecular formula is C17H21N3O. The minimum absolute atomic E-state index is 0.284. The molecule has 2 rings (SSSR count). The highest BCUT2D eigenvalue weighted by Crippen LogP contribution is 2.15. The van der Waals surface area contributed by atoms with Crippen LogP contribution in [0.5, 0.6) is 0 Å². The smallest absolute Gasteiger partial charge is 0.221 e. The molecule has 4 heteroatoms. The average Bonchev–Trinajstić information content (AvgIpc) is 2.46. The summed E-state index contributed by atoms with van der Waals surface area (Å²) in [6.07, 6.45) is 0.284. The van der Waals surface area contributed by atoms with Gasteiger partial charge < -0.3 is 16.0 Å².